The van der Waals surface area contributed by atoms with Crippen molar-refractivity contribution in [1.29, 1.82) is 0 Å². The van der Waals surface area contributed by atoms with Gasteiger partial charge in [0.2, 0.25) is 0 Å². The number of carbonyl (C=O) groups excluding carboxylic acids is 1. The van der Waals surface area contributed by atoms with Gasteiger partial charge in [-0.3, -0.25) is 4.79 Å². The number of nitrogens with zero attached hydrogens (tertiary/aromatic N) is 1. The number of hydrogen-bond donors (Lipinski definition) is 2. The van der Waals surface area contributed by atoms with Crippen molar-refractivity contribution < 1.29 is 19.2 Å². The van der Waals surface area contributed by atoms with Crippen molar-refractivity contribution in [3.8, 4) is 0 Å². The lowest BCUT2D eigenvalue weighted by atomic mass is 10.0. The summed E-state index contributed by atoms with van der Waals surface area (Å²) < 4.78 is 4.59. The molecule has 1 aromatic heterocycles. The zero-order chi connectivity index (χ0) is 14.8. The molecular formula is C15H10N2O4. The molecule has 0 aliphatic heterocycles. The van der Waals surface area contributed by atoms with Gasteiger partial charge in [0.25, 0.3) is 5.91 Å². The molecule has 6 nitrogen and oxygen atoms in total. The molecule has 0 unspecified atom stereocenters. The monoisotopic (exact) mass is 282 g/mol. The first kappa shape index (κ1) is 12.9. The van der Waals surface area contributed by atoms with Crippen LogP contribution in [-0.4, -0.2) is 22.1 Å². The SMILES string of the molecule is O=C(Nc1cc2ccccc2cc1C(=O)O)c1ccon1. The van der Waals surface area contributed by atoms with Gasteiger partial charge in [-0.1, -0.05) is 29.4 Å². The number of carbonyl (C=O) groups is 2. The average Bonchev–Trinajstić information content (AvgIpc) is 3.00. The highest BCUT2D eigenvalue weighted by molar-refractivity contribution is 6.09. The summed E-state index contributed by atoms with van der Waals surface area (Å²) in [5, 5.41) is 17.0. The van der Waals surface area contributed by atoms with Gasteiger partial charge >= 0.3 is 5.97 Å². The van der Waals surface area contributed by atoms with Crippen molar-refractivity contribution in [2.45, 2.75) is 0 Å². The quantitative estimate of drug-likeness (QED) is 0.770. The summed E-state index contributed by atoms with van der Waals surface area (Å²) in [5.74, 6) is -1.64. The summed E-state index contributed by atoms with van der Waals surface area (Å²) in [7, 11) is 0. The van der Waals surface area contributed by atoms with Crippen molar-refractivity contribution in [3.05, 3.63) is 60.0 Å². The Morgan fingerprint density at radius 1 is 1.10 bits per heavy atom. The number of benzene rings is 2. The molecular weight excluding hydrogens is 272 g/mol. The summed E-state index contributed by atoms with van der Waals surface area (Å²) in [6.45, 7) is 0. The summed E-state index contributed by atoms with van der Waals surface area (Å²) in [6.07, 6.45) is 1.27. The van der Waals surface area contributed by atoms with Crippen molar-refractivity contribution >= 4 is 28.3 Å². The summed E-state index contributed by atoms with van der Waals surface area (Å²) in [5.41, 5.74) is 0.319. The largest absolute Gasteiger partial charge is 0.478 e. The van der Waals surface area contributed by atoms with Gasteiger partial charge in [0.1, 0.15) is 6.26 Å². The molecule has 104 valence electrons. The molecule has 1 heterocycles. The lowest BCUT2D eigenvalue weighted by Gasteiger charge is -2.09. The Hall–Kier alpha value is -3.15. The highest BCUT2D eigenvalue weighted by Gasteiger charge is 2.16. The van der Waals surface area contributed by atoms with E-state index in [0.717, 1.165) is 10.8 Å². The molecule has 0 saturated heterocycles. The maximum absolute atomic E-state index is 12.0. The van der Waals surface area contributed by atoms with Gasteiger partial charge in [0, 0.05) is 6.07 Å². The third-order valence-corrected chi connectivity index (χ3v) is 3.03. The molecule has 0 fully saturated rings. The van der Waals surface area contributed by atoms with Crippen LogP contribution in [0.5, 0.6) is 0 Å². The predicted octanol–water partition coefficient (Wildman–Crippen LogP) is 2.78. The number of hydrogen-bond acceptors (Lipinski definition) is 4. The Bertz CT molecular complexity index is 825. The van der Waals surface area contributed by atoms with Crippen LogP contribution in [0.25, 0.3) is 10.8 Å². The fourth-order valence-electron chi connectivity index (χ4n) is 2.04. The van der Waals surface area contributed by atoms with E-state index < -0.39 is 11.9 Å². The van der Waals surface area contributed by atoms with Crippen molar-refractivity contribution in [2.75, 3.05) is 5.32 Å². The van der Waals surface area contributed by atoms with Crippen LogP contribution in [0.4, 0.5) is 5.69 Å². The first-order chi connectivity index (χ1) is 10.1. The van der Waals surface area contributed by atoms with Gasteiger partial charge < -0.3 is 14.9 Å². The van der Waals surface area contributed by atoms with Crippen LogP contribution in [0, 0.1) is 0 Å². The van der Waals surface area contributed by atoms with E-state index >= 15 is 0 Å². The first-order valence-corrected chi connectivity index (χ1v) is 6.13. The Morgan fingerprint density at radius 2 is 1.81 bits per heavy atom. The molecule has 3 aromatic rings. The van der Waals surface area contributed by atoms with Crippen LogP contribution < -0.4 is 5.32 Å². The molecule has 0 saturated carbocycles. The second kappa shape index (κ2) is 5.09. The normalized spacial score (nSPS) is 10.5. The number of nitrogens with one attached hydrogen (secondary N) is 1. The van der Waals surface area contributed by atoms with Gasteiger partial charge in [0.05, 0.1) is 11.3 Å². The highest BCUT2D eigenvalue weighted by atomic mass is 16.5. The maximum atomic E-state index is 12.0. The average molecular weight is 282 g/mol. The van der Waals surface area contributed by atoms with Crippen LogP contribution in [0.15, 0.2) is 53.3 Å². The van der Waals surface area contributed by atoms with Crippen LogP contribution in [0.3, 0.4) is 0 Å². The number of amides is 1. The molecule has 0 bridgehead atoms. The fourth-order valence-corrected chi connectivity index (χ4v) is 2.04. The minimum atomic E-state index is -1.11. The third kappa shape index (κ3) is 2.46. The van der Waals surface area contributed by atoms with Crippen molar-refractivity contribution in [3.63, 3.8) is 0 Å². The van der Waals surface area contributed by atoms with Crippen LogP contribution in [0.1, 0.15) is 20.8 Å². The molecule has 0 aliphatic rings. The Balaban J connectivity index is 2.05. The second-order valence-corrected chi connectivity index (χ2v) is 4.39. The molecule has 1 amide bonds. The van der Waals surface area contributed by atoms with Gasteiger partial charge in [-0.05, 0) is 22.9 Å². The number of aromatic nitrogens is 1. The van der Waals surface area contributed by atoms with E-state index in [1.54, 1.807) is 6.07 Å². The fraction of sp³-hybridized carbons (Fsp3) is 0. The molecule has 0 atom stereocenters. The molecule has 0 radical (unpaired) electrons. The number of anilines is 1. The van der Waals surface area contributed by atoms with Crippen LogP contribution in [0.2, 0.25) is 0 Å². The maximum Gasteiger partial charge on any atom is 0.337 e. The lowest BCUT2D eigenvalue weighted by molar-refractivity contribution is 0.0698. The van der Waals surface area contributed by atoms with E-state index in [1.165, 1.54) is 18.4 Å². The summed E-state index contributed by atoms with van der Waals surface area (Å²) in [6, 6.07) is 11.9. The second-order valence-electron chi connectivity index (χ2n) is 4.39. The smallest absolute Gasteiger partial charge is 0.337 e. The Labute approximate surface area is 119 Å². The molecule has 21 heavy (non-hydrogen) atoms. The van der Waals surface area contributed by atoms with Gasteiger partial charge in [-0.25, -0.2) is 4.79 Å². The first-order valence-electron chi connectivity index (χ1n) is 6.13. The minimum absolute atomic E-state index is 0.0190. The highest BCUT2D eigenvalue weighted by Crippen LogP contribution is 2.24. The lowest BCUT2D eigenvalue weighted by Crippen LogP contribution is -2.15. The van der Waals surface area contributed by atoms with Crippen LogP contribution >= 0.6 is 0 Å². The van der Waals surface area contributed by atoms with E-state index in [4.69, 9.17) is 0 Å². The number of carboxylic acids is 1. The number of aromatic carboxylic acids is 1. The number of fused-ring (bicyclic) bond motifs is 1. The predicted molar refractivity (Wildman–Crippen MR) is 75.4 cm³/mol. The molecule has 3 rings (SSSR count). The van der Waals surface area contributed by atoms with E-state index in [1.807, 2.05) is 24.3 Å². The molecule has 6 heteroatoms. The zero-order valence-electron chi connectivity index (χ0n) is 10.7. The van der Waals surface area contributed by atoms with Gasteiger partial charge in [-0.2, -0.15) is 0 Å². The molecule has 2 N–H and O–H groups in total. The van der Waals surface area contributed by atoms with E-state index in [0.29, 0.717) is 0 Å². The number of rotatable bonds is 3. The standard InChI is InChI=1S/C15H10N2O4/c18-14(12-5-6-21-17-12)16-13-8-10-4-2-1-3-9(10)7-11(13)15(19)20/h1-8H,(H,16,18)(H,19,20). The third-order valence-electron chi connectivity index (χ3n) is 3.03. The van der Waals surface area contributed by atoms with Gasteiger partial charge in [-0.15, -0.1) is 0 Å². The Kier molecular flexibility index (Phi) is 3.12. The van der Waals surface area contributed by atoms with Crippen molar-refractivity contribution in [1.82, 2.24) is 5.16 Å². The van der Waals surface area contributed by atoms with E-state index in [9.17, 15) is 14.7 Å². The van der Waals surface area contributed by atoms with Crippen molar-refractivity contribution in [2.24, 2.45) is 0 Å². The van der Waals surface area contributed by atoms with E-state index in [2.05, 4.69) is 15.0 Å². The topological polar surface area (TPSA) is 92.4 Å². The van der Waals surface area contributed by atoms with Gasteiger partial charge in [0.15, 0.2) is 5.69 Å². The molecule has 0 aliphatic carbocycles. The number of carboxylic acid groups (broad SMARTS) is 1. The zero-order valence-corrected chi connectivity index (χ0v) is 10.7. The summed E-state index contributed by atoms with van der Waals surface area (Å²) in [4.78, 5) is 23.3. The Morgan fingerprint density at radius 3 is 2.43 bits per heavy atom. The minimum Gasteiger partial charge on any atom is -0.478 e. The molecule has 0 spiro atoms. The summed E-state index contributed by atoms with van der Waals surface area (Å²) >= 11 is 0. The van der Waals surface area contributed by atoms with Crippen LogP contribution in [-0.2, 0) is 0 Å². The molecule has 2 aromatic carbocycles. The van der Waals surface area contributed by atoms with E-state index in [-0.39, 0.29) is 16.9 Å².